The van der Waals surface area contributed by atoms with Crippen LogP contribution in [0.3, 0.4) is 0 Å². The molecule has 0 spiro atoms. The van der Waals surface area contributed by atoms with Gasteiger partial charge in [-0.25, -0.2) is 0 Å². The molecule has 1 N–H and O–H groups in total. The molecule has 0 radical (unpaired) electrons. The minimum absolute atomic E-state index is 0.184. The maximum atomic E-state index is 10.2. The Kier molecular flexibility index (Phi) is 2.68. The molecule has 1 aliphatic rings. The quantitative estimate of drug-likeness (QED) is 0.675. The SMILES string of the molecule is CC1CC(C)(C)CC(O)(CC#N)C1. The van der Waals surface area contributed by atoms with Crippen LogP contribution >= 0.6 is 0 Å². The summed E-state index contributed by atoms with van der Waals surface area (Å²) in [7, 11) is 0. The van der Waals surface area contributed by atoms with Crippen molar-refractivity contribution in [3.8, 4) is 6.07 Å². The fourth-order valence-electron chi connectivity index (χ4n) is 2.98. The molecule has 0 aromatic carbocycles. The van der Waals surface area contributed by atoms with Crippen LogP contribution in [0.2, 0.25) is 0 Å². The van der Waals surface area contributed by atoms with Crippen LogP contribution in [0.25, 0.3) is 0 Å². The average molecular weight is 181 g/mol. The molecule has 0 bridgehead atoms. The lowest BCUT2D eigenvalue weighted by Crippen LogP contribution is -2.41. The standard InChI is InChI=1S/C11H19NO/c1-9-6-10(2,3)8-11(13,7-9)4-5-12/h9,13H,4,6-8H2,1-3H3. The molecule has 2 heteroatoms. The number of rotatable bonds is 1. The zero-order chi connectivity index (χ0) is 10.1. The zero-order valence-corrected chi connectivity index (χ0v) is 8.80. The van der Waals surface area contributed by atoms with Crippen molar-refractivity contribution in [1.82, 2.24) is 0 Å². The fraction of sp³-hybridized carbons (Fsp3) is 0.909. The van der Waals surface area contributed by atoms with E-state index >= 15 is 0 Å². The minimum Gasteiger partial charge on any atom is -0.389 e. The molecule has 0 amide bonds. The Bertz CT molecular complexity index is 229. The van der Waals surface area contributed by atoms with Gasteiger partial charge in [0.1, 0.15) is 0 Å². The van der Waals surface area contributed by atoms with Crippen LogP contribution in [0, 0.1) is 22.7 Å². The molecule has 2 unspecified atom stereocenters. The van der Waals surface area contributed by atoms with Crippen LogP contribution in [0.4, 0.5) is 0 Å². The van der Waals surface area contributed by atoms with Crippen molar-refractivity contribution in [2.24, 2.45) is 11.3 Å². The topological polar surface area (TPSA) is 44.0 Å². The van der Waals surface area contributed by atoms with Gasteiger partial charge >= 0.3 is 0 Å². The first-order valence-electron chi connectivity index (χ1n) is 4.96. The van der Waals surface area contributed by atoms with Crippen LogP contribution in [-0.2, 0) is 0 Å². The highest BCUT2D eigenvalue weighted by atomic mass is 16.3. The van der Waals surface area contributed by atoms with Crippen molar-refractivity contribution in [3.63, 3.8) is 0 Å². The molecule has 74 valence electrons. The lowest BCUT2D eigenvalue weighted by molar-refractivity contribution is -0.0543. The van der Waals surface area contributed by atoms with Gasteiger partial charge in [-0.2, -0.15) is 5.26 Å². The van der Waals surface area contributed by atoms with E-state index < -0.39 is 5.60 Å². The molecule has 0 heterocycles. The van der Waals surface area contributed by atoms with E-state index in [0.717, 1.165) is 19.3 Å². The summed E-state index contributed by atoms with van der Waals surface area (Å²) in [6.45, 7) is 6.50. The highest BCUT2D eigenvalue weighted by molar-refractivity contribution is 4.97. The van der Waals surface area contributed by atoms with Crippen LogP contribution < -0.4 is 0 Å². The highest BCUT2D eigenvalue weighted by Gasteiger charge is 2.41. The molecular weight excluding hydrogens is 162 g/mol. The molecular formula is C11H19NO. The summed E-state index contributed by atoms with van der Waals surface area (Å²) in [4.78, 5) is 0. The summed E-state index contributed by atoms with van der Waals surface area (Å²) in [6, 6.07) is 2.09. The Morgan fingerprint density at radius 1 is 1.46 bits per heavy atom. The molecule has 1 aliphatic carbocycles. The maximum Gasteiger partial charge on any atom is 0.0784 e. The molecule has 1 fully saturated rings. The Morgan fingerprint density at radius 3 is 2.54 bits per heavy atom. The smallest absolute Gasteiger partial charge is 0.0784 e. The monoisotopic (exact) mass is 181 g/mol. The van der Waals surface area contributed by atoms with Crippen molar-refractivity contribution in [2.45, 2.75) is 52.1 Å². The van der Waals surface area contributed by atoms with Gasteiger partial charge in [0, 0.05) is 0 Å². The predicted molar refractivity (Wildman–Crippen MR) is 52.0 cm³/mol. The van der Waals surface area contributed by atoms with E-state index in [1.807, 2.05) is 0 Å². The Labute approximate surface area is 80.6 Å². The van der Waals surface area contributed by atoms with Crippen molar-refractivity contribution in [2.75, 3.05) is 0 Å². The van der Waals surface area contributed by atoms with Gasteiger partial charge in [0.05, 0.1) is 18.1 Å². The molecule has 13 heavy (non-hydrogen) atoms. The first-order valence-corrected chi connectivity index (χ1v) is 4.96. The van der Waals surface area contributed by atoms with E-state index in [9.17, 15) is 5.11 Å². The first-order chi connectivity index (χ1) is 5.87. The van der Waals surface area contributed by atoms with Crippen LogP contribution in [0.5, 0.6) is 0 Å². The van der Waals surface area contributed by atoms with Crippen LogP contribution in [0.1, 0.15) is 46.5 Å². The van der Waals surface area contributed by atoms with Gasteiger partial charge in [-0.05, 0) is 30.6 Å². The first kappa shape index (κ1) is 10.5. The van der Waals surface area contributed by atoms with E-state index in [4.69, 9.17) is 5.26 Å². The number of hydrogen-bond acceptors (Lipinski definition) is 2. The van der Waals surface area contributed by atoms with E-state index in [1.54, 1.807) is 0 Å². The van der Waals surface area contributed by atoms with Crippen LogP contribution in [0.15, 0.2) is 0 Å². The number of hydrogen-bond donors (Lipinski definition) is 1. The second-order valence-electron chi connectivity index (χ2n) is 5.41. The molecule has 1 rings (SSSR count). The lowest BCUT2D eigenvalue weighted by Gasteiger charge is -2.43. The zero-order valence-electron chi connectivity index (χ0n) is 8.80. The number of aliphatic hydroxyl groups is 1. The van der Waals surface area contributed by atoms with Crippen molar-refractivity contribution < 1.29 is 5.11 Å². The predicted octanol–water partition coefficient (Wildman–Crippen LogP) is 2.48. The van der Waals surface area contributed by atoms with Crippen LogP contribution in [-0.4, -0.2) is 10.7 Å². The minimum atomic E-state index is -0.726. The Hall–Kier alpha value is -0.550. The van der Waals surface area contributed by atoms with E-state index in [-0.39, 0.29) is 11.8 Å². The summed E-state index contributed by atoms with van der Waals surface area (Å²) in [6.07, 6.45) is 2.98. The van der Waals surface area contributed by atoms with Crippen molar-refractivity contribution in [3.05, 3.63) is 0 Å². The van der Waals surface area contributed by atoms with Gasteiger partial charge in [0.15, 0.2) is 0 Å². The van der Waals surface area contributed by atoms with Gasteiger partial charge in [-0.1, -0.05) is 20.8 Å². The Balaban J connectivity index is 2.73. The van der Waals surface area contributed by atoms with Gasteiger partial charge < -0.3 is 5.11 Å². The molecule has 2 atom stereocenters. The molecule has 0 aromatic heterocycles. The number of nitriles is 1. The third kappa shape index (κ3) is 2.70. The van der Waals surface area contributed by atoms with Gasteiger partial charge in [0.2, 0.25) is 0 Å². The third-order valence-corrected chi connectivity index (χ3v) is 2.85. The third-order valence-electron chi connectivity index (χ3n) is 2.85. The van der Waals surface area contributed by atoms with E-state index in [2.05, 4.69) is 26.8 Å². The maximum absolute atomic E-state index is 10.2. The summed E-state index contributed by atoms with van der Waals surface area (Å²) < 4.78 is 0. The Morgan fingerprint density at radius 2 is 2.08 bits per heavy atom. The summed E-state index contributed by atoms with van der Waals surface area (Å²) in [5.74, 6) is 0.530. The largest absolute Gasteiger partial charge is 0.389 e. The van der Waals surface area contributed by atoms with E-state index in [0.29, 0.717) is 5.92 Å². The molecule has 2 nitrogen and oxygen atoms in total. The van der Waals surface area contributed by atoms with Crippen molar-refractivity contribution >= 4 is 0 Å². The molecule has 0 aromatic rings. The summed E-state index contributed by atoms with van der Waals surface area (Å²) in [5, 5.41) is 18.8. The summed E-state index contributed by atoms with van der Waals surface area (Å²) in [5.41, 5.74) is -0.542. The number of nitrogens with zero attached hydrogens (tertiary/aromatic N) is 1. The average Bonchev–Trinajstić information content (AvgIpc) is 1.78. The second kappa shape index (κ2) is 3.31. The highest BCUT2D eigenvalue weighted by Crippen LogP contribution is 2.44. The van der Waals surface area contributed by atoms with Crippen molar-refractivity contribution in [1.29, 1.82) is 5.26 Å². The van der Waals surface area contributed by atoms with Gasteiger partial charge in [-0.3, -0.25) is 0 Å². The fourth-order valence-corrected chi connectivity index (χ4v) is 2.98. The second-order valence-corrected chi connectivity index (χ2v) is 5.41. The normalized spacial score (nSPS) is 38.2. The molecule has 1 saturated carbocycles. The molecule has 0 aliphatic heterocycles. The van der Waals surface area contributed by atoms with Gasteiger partial charge in [-0.15, -0.1) is 0 Å². The van der Waals surface area contributed by atoms with Gasteiger partial charge in [0.25, 0.3) is 0 Å². The van der Waals surface area contributed by atoms with E-state index in [1.165, 1.54) is 0 Å². The molecule has 0 saturated heterocycles. The lowest BCUT2D eigenvalue weighted by atomic mass is 9.65. The summed E-state index contributed by atoms with van der Waals surface area (Å²) >= 11 is 0.